The van der Waals surface area contributed by atoms with E-state index >= 15 is 0 Å². The van der Waals surface area contributed by atoms with Crippen molar-refractivity contribution in [1.82, 2.24) is 0 Å². The molecule has 0 aliphatic carbocycles. The molecule has 0 aliphatic rings. The maximum absolute atomic E-state index is 11.4. The predicted molar refractivity (Wildman–Crippen MR) is 72.1 cm³/mol. The number of hydrogen-bond donors (Lipinski definition) is 0. The molecule has 0 heterocycles. The van der Waals surface area contributed by atoms with Crippen LogP contribution in [0.4, 0.5) is 0 Å². The van der Waals surface area contributed by atoms with Gasteiger partial charge in [0.1, 0.15) is 5.75 Å². The van der Waals surface area contributed by atoms with Crippen LogP contribution in [-0.4, -0.2) is 19.2 Å². The van der Waals surface area contributed by atoms with Crippen LogP contribution >= 0.6 is 11.6 Å². The van der Waals surface area contributed by atoms with Crippen molar-refractivity contribution < 1.29 is 14.3 Å². The Morgan fingerprint density at radius 1 is 1.39 bits per heavy atom. The summed E-state index contributed by atoms with van der Waals surface area (Å²) in [7, 11) is 0. The van der Waals surface area contributed by atoms with Gasteiger partial charge in [-0.25, -0.2) is 4.79 Å². The quantitative estimate of drug-likeness (QED) is 0.741. The molecule has 0 aliphatic heterocycles. The number of hydrogen-bond acceptors (Lipinski definition) is 3. The van der Waals surface area contributed by atoms with Crippen molar-refractivity contribution in [3.63, 3.8) is 0 Å². The fourth-order valence-electron chi connectivity index (χ4n) is 1.36. The third-order valence-electron chi connectivity index (χ3n) is 2.44. The van der Waals surface area contributed by atoms with Gasteiger partial charge in [-0.05, 0) is 43.0 Å². The highest BCUT2D eigenvalue weighted by Crippen LogP contribution is 2.21. The molecule has 0 unspecified atom stereocenters. The van der Waals surface area contributed by atoms with E-state index in [-0.39, 0.29) is 12.6 Å². The minimum Gasteiger partial charge on any atom is -0.482 e. The average Bonchev–Trinajstić information content (AvgIpc) is 2.27. The molecule has 0 fully saturated rings. The molecule has 1 rings (SSSR count). The summed E-state index contributed by atoms with van der Waals surface area (Å²) >= 11 is 5.83. The molecule has 100 valence electrons. The number of benzene rings is 1. The Morgan fingerprint density at radius 2 is 2.11 bits per heavy atom. The first-order chi connectivity index (χ1) is 8.49. The predicted octanol–water partition coefficient (Wildman–Crippen LogP) is 3.62. The van der Waals surface area contributed by atoms with Gasteiger partial charge in [-0.1, -0.05) is 25.4 Å². The van der Waals surface area contributed by atoms with Gasteiger partial charge in [0, 0.05) is 5.02 Å². The Bertz CT molecular complexity index is 402. The molecule has 0 aromatic heterocycles. The third-order valence-corrected chi connectivity index (χ3v) is 2.68. The topological polar surface area (TPSA) is 35.5 Å². The fourth-order valence-corrected chi connectivity index (χ4v) is 1.59. The van der Waals surface area contributed by atoms with Crippen molar-refractivity contribution in [1.29, 1.82) is 0 Å². The average molecular weight is 271 g/mol. The van der Waals surface area contributed by atoms with E-state index in [0.717, 1.165) is 12.0 Å². The first kappa shape index (κ1) is 14.8. The van der Waals surface area contributed by atoms with Gasteiger partial charge >= 0.3 is 5.97 Å². The Hall–Kier alpha value is -1.22. The maximum atomic E-state index is 11.4. The van der Waals surface area contributed by atoms with Gasteiger partial charge in [-0.2, -0.15) is 0 Å². The van der Waals surface area contributed by atoms with E-state index in [1.165, 1.54) is 0 Å². The molecule has 1 aromatic rings. The van der Waals surface area contributed by atoms with Crippen molar-refractivity contribution in [3.05, 3.63) is 28.8 Å². The summed E-state index contributed by atoms with van der Waals surface area (Å²) < 4.78 is 10.4. The van der Waals surface area contributed by atoms with Gasteiger partial charge in [0.25, 0.3) is 0 Å². The lowest BCUT2D eigenvalue weighted by Gasteiger charge is -2.10. The molecule has 0 atom stereocenters. The lowest BCUT2D eigenvalue weighted by atomic mass is 10.1. The number of halogens is 1. The first-order valence-electron chi connectivity index (χ1n) is 6.03. The van der Waals surface area contributed by atoms with Crippen LogP contribution in [0.15, 0.2) is 18.2 Å². The maximum Gasteiger partial charge on any atom is 0.344 e. The second-order valence-corrected chi connectivity index (χ2v) is 5.04. The van der Waals surface area contributed by atoms with Crippen LogP contribution in [0.25, 0.3) is 0 Å². The Balaban J connectivity index is 2.33. The lowest BCUT2D eigenvalue weighted by Crippen LogP contribution is -2.16. The van der Waals surface area contributed by atoms with Crippen LogP contribution in [0.3, 0.4) is 0 Å². The van der Waals surface area contributed by atoms with Gasteiger partial charge in [0.05, 0.1) is 6.61 Å². The molecule has 0 radical (unpaired) electrons. The molecule has 3 nitrogen and oxygen atoms in total. The summed E-state index contributed by atoms with van der Waals surface area (Å²) in [4.78, 5) is 11.4. The summed E-state index contributed by atoms with van der Waals surface area (Å²) in [6.07, 6.45) is 0.867. The SMILES string of the molecule is Cc1cc(Cl)ccc1OCC(=O)OCCC(C)C. The largest absolute Gasteiger partial charge is 0.482 e. The van der Waals surface area contributed by atoms with Crippen LogP contribution in [0.1, 0.15) is 25.8 Å². The van der Waals surface area contributed by atoms with E-state index in [0.29, 0.717) is 23.3 Å². The second-order valence-electron chi connectivity index (χ2n) is 4.60. The molecular weight excluding hydrogens is 252 g/mol. The van der Waals surface area contributed by atoms with E-state index in [9.17, 15) is 4.79 Å². The van der Waals surface area contributed by atoms with E-state index in [1.54, 1.807) is 18.2 Å². The molecule has 0 N–H and O–H groups in total. The van der Waals surface area contributed by atoms with Crippen LogP contribution in [-0.2, 0) is 9.53 Å². The Kier molecular flexibility index (Phi) is 5.99. The third kappa shape index (κ3) is 5.41. The number of ether oxygens (including phenoxy) is 2. The van der Waals surface area contributed by atoms with Crippen LogP contribution < -0.4 is 4.74 Å². The zero-order chi connectivity index (χ0) is 13.5. The molecule has 1 aromatic carbocycles. The van der Waals surface area contributed by atoms with Gasteiger partial charge in [-0.3, -0.25) is 0 Å². The Morgan fingerprint density at radius 3 is 2.72 bits per heavy atom. The van der Waals surface area contributed by atoms with Crippen LogP contribution in [0.2, 0.25) is 5.02 Å². The van der Waals surface area contributed by atoms with Gasteiger partial charge < -0.3 is 9.47 Å². The number of aryl methyl sites for hydroxylation is 1. The molecule has 0 saturated carbocycles. The molecule has 18 heavy (non-hydrogen) atoms. The smallest absolute Gasteiger partial charge is 0.344 e. The molecular formula is C14H19ClO3. The first-order valence-corrected chi connectivity index (χ1v) is 6.41. The summed E-state index contributed by atoms with van der Waals surface area (Å²) in [6, 6.07) is 5.27. The van der Waals surface area contributed by atoms with E-state index < -0.39 is 0 Å². The molecule has 0 spiro atoms. The standard InChI is InChI=1S/C14H19ClO3/c1-10(2)6-7-17-14(16)9-18-13-5-4-12(15)8-11(13)3/h4-5,8,10H,6-7,9H2,1-3H3. The van der Waals surface area contributed by atoms with Crippen molar-refractivity contribution in [3.8, 4) is 5.75 Å². The number of rotatable bonds is 6. The summed E-state index contributed by atoms with van der Waals surface area (Å²) in [6.45, 7) is 6.42. The highest BCUT2D eigenvalue weighted by atomic mass is 35.5. The minimum absolute atomic E-state index is 0.0689. The van der Waals surface area contributed by atoms with Crippen molar-refractivity contribution >= 4 is 17.6 Å². The van der Waals surface area contributed by atoms with E-state index in [4.69, 9.17) is 21.1 Å². The number of carbonyl (C=O) groups excluding carboxylic acids is 1. The zero-order valence-electron chi connectivity index (χ0n) is 11.0. The van der Waals surface area contributed by atoms with E-state index in [2.05, 4.69) is 13.8 Å². The summed E-state index contributed by atoms with van der Waals surface area (Å²) in [5.74, 6) is 0.836. The molecule has 4 heteroatoms. The highest BCUT2D eigenvalue weighted by Gasteiger charge is 2.06. The van der Waals surface area contributed by atoms with Crippen LogP contribution in [0, 0.1) is 12.8 Å². The monoisotopic (exact) mass is 270 g/mol. The van der Waals surface area contributed by atoms with Crippen molar-refractivity contribution in [2.24, 2.45) is 5.92 Å². The second kappa shape index (κ2) is 7.27. The lowest BCUT2D eigenvalue weighted by molar-refractivity contribution is -0.146. The van der Waals surface area contributed by atoms with E-state index in [1.807, 2.05) is 6.92 Å². The highest BCUT2D eigenvalue weighted by molar-refractivity contribution is 6.30. The number of carbonyl (C=O) groups is 1. The van der Waals surface area contributed by atoms with Crippen molar-refractivity contribution in [2.75, 3.05) is 13.2 Å². The normalized spacial score (nSPS) is 10.5. The van der Waals surface area contributed by atoms with Gasteiger partial charge in [0.2, 0.25) is 0 Å². The molecule has 0 bridgehead atoms. The Labute approximate surface area is 113 Å². The van der Waals surface area contributed by atoms with Gasteiger partial charge in [0.15, 0.2) is 6.61 Å². The fraction of sp³-hybridized carbons (Fsp3) is 0.500. The molecule has 0 amide bonds. The minimum atomic E-state index is -0.343. The zero-order valence-corrected chi connectivity index (χ0v) is 11.8. The van der Waals surface area contributed by atoms with Crippen LogP contribution in [0.5, 0.6) is 5.75 Å². The van der Waals surface area contributed by atoms with Gasteiger partial charge in [-0.15, -0.1) is 0 Å². The summed E-state index contributed by atoms with van der Waals surface area (Å²) in [5.41, 5.74) is 0.900. The number of esters is 1. The molecule has 0 saturated heterocycles. The summed E-state index contributed by atoms with van der Waals surface area (Å²) in [5, 5.41) is 0.652. The van der Waals surface area contributed by atoms with Crippen molar-refractivity contribution in [2.45, 2.75) is 27.2 Å².